The van der Waals surface area contributed by atoms with Crippen molar-refractivity contribution in [1.82, 2.24) is 20.2 Å². The molecule has 2 heterocycles. The molecule has 2 rings (SSSR count). The summed E-state index contributed by atoms with van der Waals surface area (Å²) in [6.45, 7) is 5.39. The quantitative estimate of drug-likeness (QED) is 0.661. The second-order valence-electron chi connectivity index (χ2n) is 5.76. The van der Waals surface area contributed by atoms with E-state index in [1.165, 1.54) is 19.3 Å². The molecule has 0 amide bonds. The van der Waals surface area contributed by atoms with Crippen molar-refractivity contribution in [1.29, 1.82) is 0 Å². The van der Waals surface area contributed by atoms with Crippen LogP contribution in [0.25, 0.3) is 0 Å². The average molecular weight is 305 g/mol. The molecule has 1 aromatic rings. The molecular formula is C16H27N5O. The number of hydrogen-bond donors (Lipinski definition) is 1. The molecule has 0 atom stereocenters. The second-order valence-corrected chi connectivity index (χ2v) is 5.76. The average Bonchev–Trinajstić information content (AvgIpc) is 2.54. The van der Waals surface area contributed by atoms with Gasteiger partial charge in [-0.05, 0) is 38.2 Å². The highest BCUT2D eigenvalue weighted by Gasteiger charge is 2.15. The monoisotopic (exact) mass is 305 g/mol. The fraction of sp³-hybridized carbons (Fsp3) is 0.688. The molecular weight excluding hydrogens is 278 g/mol. The summed E-state index contributed by atoms with van der Waals surface area (Å²) >= 11 is 0. The molecule has 0 aromatic carbocycles. The Morgan fingerprint density at radius 3 is 2.91 bits per heavy atom. The largest absolute Gasteiger partial charge is 0.381 e. The molecule has 122 valence electrons. The van der Waals surface area contributed by atoms with E-state index in [-0.39, 0.29) is 0 Å². The molecule has 1 aliphatic rings. The molecule has 1 N–H and O–H groups in total. The van der Waals surface area contributed by atoms with E-state index in [9.17, 15) is 0 Å². The van der Waals surface area contributed by atoms with Crippen molar-refractivity contribution >= 4 is 5.96 Å². The van der Waals surface area contributed by atoms with Gasteiger partial charge in [-0.25, -0.2) is 9.97 Å². The minimum atomic E-state index is 0.664. The van der Waals surface area contributed by atoms with E-state index in [2.05, 4.69) is 32.2 Å². The minimum Gasteiger partial charge on any atom is -0.381 e. The Balaban J connectivity index is 1.77. The molecule has 6 nitrogen and oxygen atoms in total. The van der Waals surface area contributed by atoms with Gasteiger partial charge in [-0.3, -0.25) is 4.99 Å². The zero-order valence-electron chi connectivity index (χ0n) is 13.9. The van der Waals surface area contributed by atoms with Crippen LogP contribution in [-0.4, -0.2) is 54.7 Å². The number of guanidine groups is 1. The molecule has 6 heteroatoms. The summed E-state index contributed by atoms with van der Waals surface area (Å²) in [6, 6.07) is 1.93. The second kappa shape index (κ2) is 8.68. The van der Waals surface area contributed by atoms with Crippen LogP contribution in [0.5, 0.6) is 0 Å². The predicted octanol–water partition coefficient (Wildman–Crippen LogP) is 1.61. The predicted molar refractivity (Wildman–Crippen MR) is 87.8 cm³/mol. The number of ether oxygens (including phenoxy) is 1. The number of nitrogens with one attached hydrogen (secondary N) is 1. The van der Waals surface area contributed by atoms with E-state index in [0.717, 1.165) is 43.2 Å². The van der Waals surface area contributed by atoms with Crippen molar-refractivity contribution in [3.8, 4) is 0 Å². The third-order valence-corrected chi connectivity index (χ3v) is 4.05. The highest BCUT2D eigenvalue weighted by atomic mass is 16.5. The van der Waals surface area contributed by atoms with Crippen molar-refractivity contribution in [2.24, 2.45) is 10.9 Å². The molecule has 1 saturated heterocycles. The first-order chi connectivity index (χ1) is 10.7. The SMILES string of the molecule is CN=C(NCc1ccnc(C)n1)N(C)CCC1CCOCC1. The van der Waals surface area contributed by atoms with Crippen molar-refractivity contribution < 1.29 is 4.74 Å². The molecule has 22 heavy (non-hydrogen) atoms. The first-order valence-electron chi connectivity index (χ1n) is 7.97. The van der Waals surface area contributed by atoms with Crippen LogP contribution in [0.15, 0.2) is 17.3 Å². The summed E-state index contributed by atoms with van der Waals surface area (Å²) in [5.74, 6) is 2.48. The van der Waals surface area contributed by atoms with Gasteiger partial charge >= 0.3 is 0 Å². The molecule has 0 unspecified atom stereocenters. The lowest BCUT2D eigenvalue weighted by Crippen LogP contribution is -2.39. The van der Waals surface area contributed by atoms with Crippen LogP contribution < -0.4 is 5.32 Å². The van der Waals surface area contributed by atoms with Crippen LogP contribution in [0.1, 0.15) is 30.8 Å². The summed E-state index contributed by atoms with van der Waals surface area (Å²) in [4.78, 5) is 15.0. The molecule has 1 aromatic heterocycles. The number of hydrogen-bond acceptors (Lipinski definition) is 4. The Labute approximate surface area is 133 Å². The zero-order chi connectivity index (χ0) is 15.8. The molecule has 0 radical (unpaired) electrons. The van der Waals surface area contributed by atoms with Crippen molar-refractivity contribution in [2.45, 2.75) is 32.7 Å². The lowest BCUT2D eigenvalue weighted by atomic mass is 9.96. The van der Waals surface area contributed by atoms with Gasteiger partial charge in [0.2, 0.25) is 0 Å². The summed E-state index contributed by atoms with van der Waals surface area (Å²) < 4.78 is 5.41. The van der Waals surface area contributed by atoms with E-state index in [1.54, 1.807) is 6.20 Å². The minimum absolute atomic E-state index is 0.664. The molecule has 1 fully saturated rings. The molecule has 0 saturated carbocycles. The summed E-state index contributed by atoms with van der Waals surface area (Å²) in [5, 5.41) is 3.36. The van der Waals surface area contributed by atoms with Crippen molar-refractivity contribution in [3.63, 3.8) is 0 Å². The Kier molecular flexibility index (Phi) is 6.58. The van der Waals surface area contributed by atoms with Crippen LogP contribution in [-0.2, 0) is 11.3 Å². The van der Waals surface area contributed by atoms with Crippen molar-refractivity contribution in [3.05, 3.63) is 23.8 Å². The van der Waals surface area contributed by atoms with Gasteiger partial charge in [-0.15, -0.1) is 0 Å². The first-order valence-corrected chi connectivity index (χ1v) is 7.97. The Bertz CT molecular complexity index is 485. The third kappa shape index (κ3) is 5.26. The number of nitrogens with zero attached hydrogens (tertiary/aromatic N) is 4. The normalized spacial score (nSPS) is 16.6. The van der Waals surface area contributed by atoms with Gasteiger partial charge < -0.3 is 15.0 Å². The molecule has 1 aliphatic heterocycles. The van der Waals surface area contributed by atoms with Crippen LogP contribution >= 0.6 is 0 Å². The first kappa shape index (κ1) is 16.7. The Morgan fingerprint density at radius 1 is 1.45 bits per heavy atom. The van der Waals surface area contributed by atoms with E-state index in [1.807, 2.05) is 20.0 Å². The van der Waals surface area contributed by atoms with Gasteiger partial charge in [0.1, 0.15) is 5.82 Å². The maximum Gasteiger partial charge on any atom is 0.193 e. The van der Waals surface area contributed by atoms with Gasteiger partial charge in [0, 0.05) is 40.1 Å². The fourth-order valence-electron chi connectivity index (χ4n) is 2.68. The third-order valence-electron chi connectivity index (χ3n) is 4.05. The highest BCUT2D eigenvalue weighted by molar-refractivity contribution is 5.79. The van der Waals surface area contributed by atoms with Gasteiger partial charge in [0.25, 0.3) is 0 Å². The van der Waals surface area contributed by atoms with E-state index in [4.69, 9.17) is 4.74 Å². The van der Waals surface area contributed by atoms with Gasteiger partial charge in [0.15, 0.2) is 5.96 Å². The summed E-state index contributed by atoms with van der Waals surface area (Å²) in [5.41, 5.74) is 0.978. The molecule has 0 bridgehead atoms. The maximum absolute atomic E-state index is 5.41. The number of aliphatic imine (C=N–C) groups is 1. The Morgan fingerprint density at radius 2 is 2.23 bits per heavy atom. The van der Waals surface area contributed by atoms with Crippen LogP contribution in [0.4, 0.5) is 0 Å². The standard InChI is InChI=1S/C16H27N5O/c1-13-18-8-4-15(20-13)12-19-16(17-2)21(3)9-5-14-6-10-22-11-7-14/h4,8,14H,5-7,9-12H2,1-3H3,(H,17,19). The lowest BCUT2D eigenvalue weighted by Gasteiger charge is -2.26. The number of rotatable bonds is 5. The fourth-order valence-corrected chi connectivity index (χ4v) is 2.68. The molecule has 0 aliphatic carbocycles. The van der Waals surface area contributed by atoms with E-state index in [0.29, 0.717) is 6.54 Å². The summed E-state index contributed by atoms with van der Waals surface area (Å²) in [6.07, 6.45) is 5.34. The van der Waals surface area contributed by atoms with Crippen LogP contribution in [0.3, 0.4) is 0 Å². The lowest BCUT2D eigenvalue weighted by molar-refractivity contribution is 0.0625. The number of aryl methyl sites for hydroxylation is 1. The van der Waals surface area contributed by atoms with Crippen LogP contribution in [0, 0.1) is 12.8 Å². The van der Waals surface area contributed by atoms with Gasteiger partial charge in [0.05, 0.1) is 12.2 Å². The highest BCUT2D eigenvalue weighted by Crippen LogP contribution is 2.18. The maximum atomic E-state index is 5.41. The Hall–Kier alpha value is -1.69. The summed E-state index contributed by atoms with van der Waals surface area (Å²) in [7, 11) is 3.90. The van der Waals surface area contributed by atoms with Crippen molar-refractivity contribution in [2.75, 3.05) is 33.9 Å². The van der Waals surface area contributed by atoms with Crippen LogP contribution in [0.2, 0.25) is 0 Å². The van der Waals surface area contributed by atoms with Gasteiger partial charge in [-0.2, -0.15) is 0 Å². The smallest absolute Gasteiger partial charge is 0.193 e. The van der Waals surface area contributed by atoms with E-state index >= 15 is 0 Å². The molecule has 0 spiro atoms. The zero-order valence-corrected chi connectivity index (χ0v) is 13.9. The number of aromatic nitrogens is 2. The topological polar surface area (TPSA) is 62.6 Å². The van der Waals surface area contributed by atoms with Gasteiger partial charge in [-0.1, -0.05) is 0 Å². The van der Waals surface area contributed by atoms with E-state index < -0.39 is 0 Å².